The Morgan fingerprint density at radius 2 is 1.13 bits per heavy atom. The van der Waals surface area contributed by atoms with Gasteiger partial charge in [-0.2, -0.15) is 10.1 Å². The van der Waals surface area contributed by atoms with Gasteiger partial charge >= 0.3 is 0 Å². The highest BCUT2D eigenvalue weighted by molar-refractivity contribution is 9.10. The van der Waals surface area contributed by atoms with Crippen LogP contribution in [0.25, 0.3) is 0 Å². The molecular weight excluding hydrogens is 440 g/mol. The highest BCUT2D eigenvalue weighted by atomic mass is 79.9. The summed E-state index contributed by atoms with van der Waals surface area (Å²) in [7, 11) is 0. The van der Waals surface area contributed by atoms with Gasteiger partial charge in [-0.15, -0.1) is 0 Å². The first-order valence-corrected chi connectivity index (χ1v) is 10.8. The number of amides is 2. The summed E-state index contributed by atoms with van der Waals surface area (Å²) in [6, 6.07) is 24.1. The van der Waals surface area contributed by atoms with Crippen molar-refractivity contribution in [3.8, 4) is 0 Å². The first kappa shape index (κ1) is 17.8. The number of imide groups is 1. The molecule has 2 atom stereocenters. The molecule has 0 saturated carbocycles. The molecule has 1 saturated heterocycles. The Bertz CT molecular complexity index is 1120. The van der Waals surface area contributed by atoms with Gasteiger partial charge in [0.15, 0.2) is 0 Å². The van der Waals surface area contributed by atoms with Gasteiger partial charge in [0.25, 0.3) is 11.8 Å². The monoisotopic (exact) mass is 456 g/mol. The molecule has 7 rings (SSSR count). The maximum atomic E-state index is 13.4. The van der Waals surface area contributed by atoms with E-state index in [1.54, 1.807) is 6.21 Å². The molecule has 0 spiro atoms. The van der Waals surface area contributed by atoms with Crippen LogP contribution in [0, 0.1) is 11.8 Å². The van der Waals surface area contributed by atoms with Gasteiger partial charge in [0, 0.05) is 16.3 Å². The van der Waals surface area contributed by atoms with Gasteiger partial charge < -0.3 is 0 Å². The number of hydrazone groups is 1. The van der Waals surface area contributed by atoms with Crippen molar-refractivity contribution >= 4 is 34.0 Å². The van der Waals surface area contributed by atoms with Crippen molar-refractivity contribution in [1.82, 2.24) is 5.01 Å². The number of rotatable bonds is 2. The average molecular weight is 457 g/mol. The standard InChI is InChI=1S/C25H17BrN2O2/c26-15-11-9-14(10-12-15)13-27-28-24(29)22-20-16-5-1-2-6-17(16)21(23(22)25(28)30)19-8-4-3-7-18(19)20/h1-13,20-23H/b27-13-/t20?,21?,22-,23-/m1/s1. The van der Waals surface area contributed by atoms with E-state index in [0.717, 1.165) is 15.0 Å². The number of nitrogens with zero attached hydrogens (tertiary/aromatic N) is 2. The minimum absolute atomic E-state index is 0.100. The van der Waals surface area contributed by atoms with Gasteiger partial charge in [0.2, 0.25) is 0 Å². The van der Waals surface area contributed by atoms with E-state index in [-0.39, 0.29) is 23.7 Å². The van der Waals surface area contributed by atoms with Crippen LogP contribution in [-0.4, -0.2) is 23.0 Å². The molecule has 0 N–H and O–H groups in total. The van der Waals surface area contributed by atoms with E-state index in [9.17, 15) is 9.59 Å². The number of hydrogen-bond donors (Lipinski definition) is 0. The normalized spacial score (nSPS) is 26.1. The minimum atomic E-state index is -0.394. The lowest BCUT2D eigenvalue weighted by molar-refractivity contribution is -0.139. The molecule has 1 heterocycles. The van der Waals surface area contributed by atoms with E-state index in [4.69, 9.17) is 0 Å². The van der Waals surface area contributed by atoms with Crippen molar-refractivity contribution in [2.24, 2.45) is 16.9 Å². The van der Waals surface area contributed by atoms with Crippen molar-refractivity contribution in [2.75, 3.05) is 0 Å². The van der Waals surface area contributed by atoms with Crippen LogP contribution in [0.2, 0.25) is 0 Å². The minimum Gasteiger partial charge on any atom is -0.272 e. The van der Waals surface area contributed by atoms with E-state index >= 15 is 0 Å². The predicted octanol–water partition coefficient (Wildman–Crippen LogP) is 4.68. The third-order valence-electron chi connectivity index (χ3n) is 6.62. The molecule has 0 unspecified atom stereocenters. The Hall–Kier alpha value is -3.05. The predicted molar refractivity (Wildman–Crippen MR) is 117 cm³/mol. The zero-order chi connectivity index (χ0) is 20.4. The third-order valence-corrected chi connectivity index (χ3v) is 7.15. The summed E-state index contributed by atoms with van der Waals surface area (Å²) in [6.45, 7) is 0. The van der Waals surface area contributed by atoms with Crippen LogP contribution in [0.4, 0.5) is 0 Å². The van der Waals surface area contributed by atoms with Crippen molar-refractivity contribution < 1.29 is 9.59 Å². The van der Waals surface area contributed by atoms with Gasteiger partial charge in [-0.25, -0.2) is 0 Å². The van der Waals surface area contributed by atoms with Crippen LogP contribution < -0.4 is 0 Å². The zero-order valence-electron chi connectivity index (χ0n) is 15.9. The van der Waals surface area contributed by atoms with Crippen molar-refractivity contribution in [3.63, 3.8) is 0 Å². The third kappa shape index (κ3) is 2.36. The molecule has 2 amide bonds. The lowest BCUT2D eigenvalue weighted by Crippen LogP contribution is -2.41. The Morgan fingerprint density at radius 1 is 0.700 bits per heavy atom. The van der Waals surface area contributed by atoms with E-state index < -0.39 is 11.8 Å². The molecule has 3 aromatic carbocycles. The van der Waals surface area contributed by atoms with Crippen LogP contribution >= 0.6 is 15.9 Å². The lowest BCUT2D eigenvalue weighted by Gasteiger charge is -2.45. The SMILES string of the molecule is O=C1[C@@H]2C3c4ccccc4C(c4ccccc43)[C@H]2C(=O)N1/N=C\c1ccc(Br)cc1. The Morgan fingerprint density at radius 3 is 1.57 bits per heavy atom. The second-order valence-corrected chi connectivity index (χ2v) is 8.96. The molecule has 4 aliphatic rings. The fraction of sp³-hybridized carbons (Fsp3) is 0.160. The second kappa shape index (κ2) is 6.47. The molecule has 1 aliphatic heterocycles. The molecule has 3 aliphatic carbocycles. The highest BCUT2D eigenvalue weighted by Gasteiger charge is 2.61. The van der Waals surface area contributed by atoms with Crippen LogP contribution in [0.5, 0.6) is 0 Å². The van der Waals surface area contributed by atoms with Crippen LogP contribution in [0.1, 0.15) is 39.7 Å². The number of halogens is 1. The molecule has 30 heavy (non-hydrogen) atoms. The summed E-state index contributed by atoms with van der Waals surface area (Å²) in [5.74, 6) is -1.38. The Balaban J connectivity index is 1.45. The van der Waals surface area contributed by atoms with Gasteiger partial charge in [-0.05, 0) is 39.9 Å². The fourth-order valence-electron chi connectivity index (χ4n) is 5.45. The molecule has 146 valence electrons. The largest absolute Gasteiger partial charge is 0.272 e. The summed E-state index contributed by atoms with van der Waals surface area (Å²) in [5, 5.41) is 5.43. The number of carbonyl (C=O) groups is 2. The first-order chi connectivity index (χ1) is 14.6. The average Bonchev–Trinajstić information content (AvgIpc) is 3.04. The molecule has 4 nitrogen and oxygen atoms in total. The Kier molecular flexibility index (Phi) is 3.84. The summed E-state index contributed by atoms with van der Waals surface area (Å²) in [6.07, 6.45) is 1.59. The fourth-order valence-corrected chi connectivity index (χ4v) is 5.71. The van der Waals surface area contributed by atoms with Gasteiger partial charge in [-0.3, -0.25) is 9.59 Å². The topological polar surface area (TPSA) is 49.7 Å². The summed E-state index contributed by atoms with van der Waals surface area (Å²) < 4.78 is 0.964. The van der Waals surface area contributed by atoms with E-state index in [1.165, 1.54) is 22.3 Å². The number of hydrogen-bond acceptors (Lipinski definition) is 3. The van der Waals surface area contributed by atoms with Gasteiger partial charge in [-0.1, -0.05) is 76.6 Å². The molecule has 0 aromatic heterocycles. The molecular formula is C25H17BrN2O2. The maximum absolute atomic E-state index is 13.4. The summed E-state index contributed by atoms with van der Waals surface area (Å²) in [4.78, 5) is 26.8. The smallest absolute Gasteiger partial charge is 0.254 e. The lowest BCUT2D eigenvalue weighted by atomic mass is 9.55. The maximum Gasteiger partial charge on any atom is 0.254 e. The second-order valence-electron chi connectivity index (χ2n) is 8.05. The quantitative estimate of drug-likeness (QED) is 0.415. The van der Waals surface area contributed by atoms with Gasteiger partial charge in [0.05, 0.1) is 18.1 Å². The van der Waals surface area contributed by atoms with Crippen LogP contribution in [0.3, 0.4) is 0 Å². The van der Waals surface area contributed by atoms with E-state index in [0.29, 0.717) is 0 Å². The number of carbonyl (C=O) groups excluding carboxylic acids is 2. The van der Waals surface area contributed by atoms with Crippen LogP contribution in [0.15, 0.2) is 82.4 Å². The number of benzene rings is 3. The molecule has 1 fully saturated rings. The molecule has 0 radical (unpaired) electrons. The Labute approximate surface area is 182 Å². The summed E-state index contributed by atoms with van der Waals surface area (Å²) >= 11 is 3.41. The molecule has 3 aromatic rings. The zero-order valence-corrected chi connectivity index (χ0v) is 17.5. The van der Waals surface area contributed by atoms with Crippen LogP contribution in [-0.2, 0) is 9.59 Å². The van der Waals surface area contributed by atoms with Crippen molar-refractivity contribution in [2.45, 2.75) is 11.8 Å². The molecule has 5 heteroatoms. The molecule has 2 bridgehead atoms. The van der Waals surface area contributed by atoms with Crippen molar-refractivity contribution in [1.29, 1.82) is 0 Å². The van der Waals surface area contributed by atoms with E-state index in [2.05, 4.69) is 45.3 Å². The highest BCUT2D eigenvalue weighted by Crippen LogP contribution is 2.60. The van der Waals surface area contributed by atoms with E-state index in [1.807, 2.05) is 48.5 Å². The van der Waals surface area contributed by atoms with Crippen molar-refractivity contribution in [3.05, 3.63) is 105 Å². The first-order valence-electron chi connectivity index (χ1n) is 10.00. The van der Waals surface area contributed by atoms with Gasteiger partial charge in [0.1, 0.15) is 0 Å². The summed E-state index contributed by atoms with van der Waals surface area (Å²) in [5.41, 5.74) is 5.51.